The van der Waals surface area contributed by atoms with Gasteiger partial charge in [0, 0.05) is 37.8 Å². The fourth-order valence-electron chi connectivity index (χ4n) is 2.80. The fourth-order valence-corrected chi connectivity index (χ4v) is 2.80. The minimum Gasteiger partial charge on any atom is -0.490 e. The van der Waals surface area contributed by atoms with Crippen LogP contribution in [0, 0.1) is 10.1 Å². The summed E-state index contributed by atoms with van der Waals surface area (Å²) in [5.74, 6) is 0.306. The van der Waals surface area contributed by atoms with Crippen molar-refractivity contribution in [3.8, 4) is 5.75 Å². The van der Waals surface area contributed by atoms with E-state index in [9.17, 15) is 10.1 Å². The summed E-state index contributed by atoms with van der Waals surface area (Å²) in [6, 6.07) is 6.04. The Morgan fingerprint density at radius 3 is 2.52 bits per heavy atom. The molecule has 0 spiro atoms. The van der Waals surface area contributed by atoms with E-state index in [1.54, 1.807) is 12.1 Å². The highest BCUT2D eigenvalue weighted by atomic mass is 35.5. The zero-order chi connectivity index (χ0) is 14.7. The van der Waals surface area contributed by atoms with Gasteiger partial charge in [-0.05, 0) is 25.5 Å². The number of hydrogen-bond donors (Lipinski definition) is 1. The number of nitro benzene ring substituents is 1. The molecule has 1 aromatic rings. The third-order valence-corrected chi connectivity index (χ3v) is 3.48. The highest BCUT2D eigenvalue weighted by Gasteiger charge is 2.22. The predicted octanol–water partition coefficient (Wildman–Crippen LogP) is 2.21. The summed E-state index contributed by atoms with van der Waals surface area (Å²) in [4.78, 5) is 13.0. The maximum absolute atomic E-state index is 11.0. The van der Waals surface area contributed by atoms with E-state index in [2.05, 4.69) is 24.1 Å². The molecule has 2 atom stereocenters. The lowest BCUT2D eigenvalue weighted by Crippen LogP contribution is -2.53. The van der Waals surface area contributed by atoms with Crippen molar-refractivity contribution in [2.75, 3.05) is 20.2 Å². The van der Waals surface area contributed by atoms with Crippen LogP contribution in [0.4, 0.5) is 5.69 Å². The van der Waals surface area contributed by atoms with Crippen LogP contribution in [-0.4, -0.2) is 42.1 Å². The Kier molecular flexibility index (Phi) is 6.39. The van der Waals surface area contributed by atoms with E-state index in [1.165, 1.54) is 7.11 Å². The predicted molar refractivity (Wildman–Crippen MR) is 84.2 cm³/mol. The first-order valence-corrected chi connectivity index (χ1v) is 6.79. The average Bonchev–Trinajstić information content (AvgIpc) is 2.37. The number of hydrogen-bond acceptors (Lipinski definition) is 5. The lowest BCUT2D eigenvalue weighted by atomic mass is 10.1. The van der Waals surface area contributed by atoms with Gasteiger partial charge in [-0.25, -0.2) is 0 Å². The molecule has 7 heteroatoms. The van der Waals surface area contributed by atoms with Gasteiger partial charge >= 0.3 is 5.69 Å². The average molecular weight is 316 g/mol. The summed E-state index contributed by atoms with van der Waals surface area (Å²) in [5.41, 5.74) is 0.972. The number of ether oxygens (including phenoxy) is 1. The molecule has 0 amide bonds. The molecule has 2 rings (SSSR count). The molecule has 0 bridgehead atoms. The molecule has 1 aliphatic rings. The highest BCUT2D eigenvalue weighted by Crippen LogP contribution is 2.28. The van der Waals surface area contributed by atoms with E-state index in [0.29, 0.717) is 17.8 Å². The maximum atomic E-state index is 11.0. The fraction of sp³-hybridized carbons (Fsp3) is 0.571. The van der Waals surface area contributed by atoms with E-state index in [0.717, 1.165) is 25.2 Å². The lowest BCUT2D eigenvalue weighted by molar-refractivity contribution is -0.385. The first-order valence-electron chi connectivity index (χ1n) is 6.79. The first kappa shape index (κ1) is 17.7. The van der Waals surface area contributed by atoms with Crippen LogP contribution in [0.3, 0.4) is 0 Å². The minimum absolute atomic E-state index is 0. The Balaban J connectivity index is 0.00000220. The third-order valence-electron chi connectivity index (χ3n) is 3.48. The number of piperazine rings is 1. The lowest BCUT2D eigenvalue weighted by Gasteiger charge is -2.36. The molecule has 1 saturated heterocycles. The van der Waals surface area contributed by atoms with Gasteiger partial charge in [0.2, 0.25) is 0 Å². The highest BCUT2D eigenvalue weighted by molar-refractivity contribution is 5.85. The SMILES string of the molecule is COc1ccc(CN2CC(C)NC(C)C2)cc1[N+](=O)[O-].Cl. The molecule has 2 unspecified atom stereocenters. The number of nitrogens with zero attached hydrogens (tertiary/aromatic N) is 2. The van der Waals surface area contributed by atoms with Crippen molar-refractivity contribution in [2.45, 2.75) is 32.5 Å². The molecule has 0 radical (unpaired) electrons. The van der Waals surface area contributed by atoms with Crippen LogP contribution >= 0.6 is 12.4 Å². The Morgan fingerprint density at radius 1 is 1.38 bits per heavy atom. The molecule has 1 fully saturated rings. The Labute approximate surface area is 131 Å². The van der Waals surface area contributed by atoms with E-state index in [-0.39, 0.29) is 18.1 Å². The number of nitrogens with one attached hydrogen (secondary N) is 1. The van der Waals surface area contributed by atoms with Crippen LogP contribution in [0.5, 0.6) is 5.75 Å². The number of halogens is 1. The summed E-state index contributed by atoms with van der Waals surface area (Å²) in [7, 11) is 1.45. The number of benzene rings is 1. The molecular weight excluding hydrogens is 294 g/mol. The minimum atomic E-state index is -0.397. The smallest absolute Gasteiger partial charge is 0.311 e. The summed E-state index contributed by atoms with van der Waals surface area (Å²) < 4.78 is 5.02. The molecular formula is C14H22ClN3O3. The number of rotatable bonds is 4. The molecule has 1 aromatic carbocycles. The number of nitro groups is 1. The third kappa shape index (κ3) is 4.56. The molecule has 1 N–H and O–H groups in total. The van der Waals surface area contributed by atoms with Crippen LogP contribution in [0.2, 0.25) is 0 Å². The topological polar surface area (TPSA) is 67.6 Å². The standard InChI is InChI=1S/C14H21N3O3.ClH/c1-10-7-16(8-11(2)15-10)9-12-4-5-14(20-3)13(6-12)17(18)19;/h4-6,10-11,15H,7-9H2,1-3H3;1H. The Morgan fingerprint density at radius 2 is 2.00 bits per heavy atom. The van der Waals surface area contributed by atoms with Gasteiger partial charge in [-0.15, -0.1) is 12.4 Å². The monoisotopic (exact) mass is 315 g/mol. The zero-order valence-corrected chi connectivity index (χ0v) is 13.4. The largest absolute Gasteiger partial charge is 0.490 e. The van der Waals surface area contributed by atoms with Crippen molar-refractivity contribution >= 4 is 18.1 Å². The second-order valence-electron chi connectivity index (χ2n) is 5.43. The Bertz CT molecular complexity index is 488. The molecule has 21 heavy (non-hydrogen) atoms. The van der Waals surface area contributed by atoms with Gasteiger partial charge in [-0.1, -0.05) is 6.07 Å². The zero-order valence-electron chi connectivity index (χ0n) is 12.5. The van der Waals surface area contributed by atoms with E-state index < -0.39 is 4.92 Å². The quantitative estimate of drug-likeness (QED) is 0.681. The molecule has 6 nitrogen and oxygen atoms in total. The van der Waals surface area contributed by atoms with Gasteiger partial charge in [0.25, 0.3) is 0 Å². The molecule has 1 heterocycles. The van der Waals surface area contributed by atoms with E-state index in [1.807, 2.05) is 6.07 Å². The van der Waals surface area contributed by atoms with Crippen LogP contribution in [0.15, 0.2) is 18.2 Å². The first-order chi connectivity index (χ1) is 9.49. The number of methoxy groups -OCH3 is 1. The molecule has 118 valence electrons. The molecule has 0 aliphatic carbocycles. The summed E-state index contributed by atoms with van der Waals surface area (Å²) in [6.45, 7) is 6.92. The van der Waals surface area contributed by atoms with Crippen molar-refractivity contribution < 1.29 is 9.66 Å². The normalized spacial score (nSPS) is 22.4. The van der Waals surface area contributed by atoms with Crippen LogP contribution in [0.1, 0.15) is 19.4 Å². The van der Waals surface area contributed by atoms with Crippen LogP contribution < -0.4 is 10.1 Å². The second-order valence-corrected chi connectivity index (χ2v) is 5.43. The summed E-state index contributed by atoms with van der Waals surface area (Å²) >= 11 is 0. The molecule has 0 aromatic heterocycles. The van der Waals surface area contributed by atoms with Crippen molar-refractivity contribution in [1.82, 2.24) is 10.2 Å². The van der Waals surface area contributed by atoms with Crippen molar-refractivity contribution in [3.05, 3.63) is 33.9 Å². The maximum Gasteiger partial charge on any atom is 0.311 e. The van der Waals surface area contributed by atoms with Gasteiger partial charge in [0.15, 0.2) is 5.75 Å². The van der Waals surface area contributed by atoms with Gasteiger partial charge in [0.05, 0.1) is 12.0 Å². The van der Waals surface area contributed by atoms with E-state index >= 15 is 0 Å². The second kappa shape index (κ2) is 7.59. The van der Waals surface area contributed by atoms with Gasteiger partial charge < -0.3 is 10.1 Å². The summed E-state index contributed by atoms with van der Waals surface area (Å²) in [6.07, 6.45) is 0. The summed E-state index contributed by atoms with van der Waals surface area (Å²) in [5, 5.41) is 14.5. The molecule has 0 saturated carbocycles. The molecule has 1 aliphatic heterocycles. The van der Waals surface area contributed by atoms with Gasteiger partial charge in [-0.2, -0.15) is 0 Å². The van der Waals surface area contributed by atoms with Gasteiger partial charge in [-0.3, -0.25) is 15.0 Å². The van der Waals surface area contributed by atoms with E-state index in [4.69, 9.17) is 4.74 Å². The van der Waals surface area contributed by atoms with Crippen molar-refractivity contribution in [3.63, 3.8) is 0 Å². The van der Waals surface area contributed by atoms with Crippen LogP contribution in [0.25, 0.3) is 0 Å². The van der Waals surface area contributed by atoms with Gasteiger partial charge in [0.1, 0.15) is 0 Å². The Hall–Kier alpha value is -1.37. The van der Waals surface area contributed by atoms with Crippen molar-refractivity contribution in [1.29, 1.82) is 0 Å². The van der Waals surface area contributed by atoms with Crippen LogP contribution in [-0.2, 0) is 6.54 Å². The van der Waals surface area contributed by atoms with Crippen molar-refractivity contribution in [2.24, 2.45) is 0 Å².